The molecule has 0 bridgehead atoms. The van der Waals surface area contributed by atoms with Crippen LogP contribution >= 0.6 is 11.6 Å². The Kier molecular flexibility index (Phi) is 2.97. The van der Waals surface area contributed by atoms with E-state index in [0.717, 1.165) is 16.1 Å². The zero-order chi connectivity index (χ0) is 8.27. The lowest BCUT2D eigenvalue weighted by Gasteiger charge is -2.00. The standard InChI is InChI=1S/C8H10BClO/c1-6-2-3-7(5-9-11)4-8(6)10/h2-4,9,11H,5H2,1H3. The molecular formula is C8H10BClO. The summed E-state index contributed by atoms with van der Waals surface area (Å²) in [5, 5.41) is 9.41. The van der Waals surface area contributed by atoms with Gasteiger partial charge in [-0.2, -0.15) is 0 Å². The van der Waals surface area contributed by atoms with Crippen LogP contribution < -0.4 is 0 Å². The molecule has 0 aliphatic rings. The van der Waals surface area contributed by atoms with Gasteiger partial charge in [0.05, 0.1) is 0 Å². The van der Waals surface area contributed by atoms with Gasteiger partial charge in [-0.1, -0.05) is 29.3 Å². The number of benzene rings is 1. The molecule has 0 aromatic heterocycles. The summed E-state index contributed by atoms with van der Waals surface area (Å²) >= 11 is 5.87. The molecule has 0 unspecified atom stereocenters. The molecule has 0 aliphatic carbocycles. The maximum absolute atomic E-state index is 8.64. The highest BCUT2D eigenvalue weighted by Gasteiger charge is 1.97. The van der Waals surface area contributed by atoms with Crippen LogP contribution in [0.2, 0.25) is 5.02 Å². The maximum atomic E-state index is 8.64. The first-order valence-corrected chi connectivity index (χ1v) is 3.97. The van der Waals surface area contributed by atoms with Crippen LogP contribution in [0.5, 0.6) is 0 Å². The Morgan fingerprint density at radius 1 is 1.55 bits per heavy atom. The van der Waals surface area contributed by atoms with Gasteiger partial charge in [-0.25, -0.2) is 0 Å². The monoisotopic (exact) mass is 168 g/mol. The Balaban J connectivity index is 2.86. The third-order valence-corrected chi connectivity index (χ3v) is 2.04. The zero-order valence-electron chi connectivity index (χ0n) is 6.47. The summed E-state index contributed by atoms with van der Waals surface area (Å²) in [7, 11) is 0.180. The smallest absolute Gasteiger partial charge is 0.275 e. The van der Waals surface area contributed by atoms with E-state index in [9.17, 15) is 0 Å². The molecule has 11 heavy (non-hydrogen) atoms. The first-order valence-electron chi connectivity index (χ1n) is 3.60. The SMILES string of the molecule is Cc1ccc(CBO)cc1Cl. The van der Waals surface area contributed by atoms with Gasteiger partial charge < -0.3 is 5.02 Å². The molecule has 58 valence electrons. The van der Waals surface area contributed by atoms with Crippen molar-refractivity contribution < 1.29 is 5.02 Å². The average molecular weight is 168 g/mol. The number of halogens is 1. The minimum atomic E-state index is 0.180. The van der Waals surface area contributed by atoms with E-state index >= 15 is 0 Å². The largest absolute Gasteiger partial charge is 0.454 e. The first kappa shape index (κ1) is 8.63. The van der Waals surface area contributed by atoms with E-state index in [4.69, 9.17) is 16.6 Å². The van der Waals surface area contributed by atoms with Gasteiger partial charge in [-0.05, 0) is 24.9 Å². The van der Waals surface area contributed by atoms with Crippen LogP contribution in [0, 0.1) is 6.92 Å². The normalized spacial score (nSPS) is 9.73. The van der Waals surface area contributed by atoms with E-state index in [0.29, 0.717) is 6.32 Å². The van der Waals surface area contributed by atoms with Gasteiger partial charge >= 0.3 is 0 Å². The second-order valence-electron chi connectivity index (χ2n) is 2.56. The van der Waals surface area contributed by atoms with E-state index in [-0.39, 0.29) is 7.48 Å². The van der Waals surface area contributed by atoms with E-state index < -0.39 is 0 Å². The second-order valence-corrected chi connectivity index (χ2v) is 2.96. The molecule has 1 aromatic rings. The number of aryl methyl sites for hydroxylation is 1. The Hall–Kier alpha value is -0.465. The van der Waals surface area contributed by atoms with Gasteiger partial charge in [0.15, 0.2) is 0 Å². The maximum Gasteiger partial charge on any atom is 0.275 e. The molecule has 1 N–H and O–H groups in total. The molecular weight excluding hydrogens is 158 g/mol. The van der Waals surface area contributed by atoms with Crippen LogP contribution in [0.1, 0.15) is 11.1 Å². The third kappa shape index (κ3) is 2.24. The lowest BCUT2D eigenvalue weighted by molar-refractivity contribution is 0.600. The van der Waals surface area contributed by atoms with Crippen molar-refractivity contribution in [3.05, 3.63) is 34.3 Å². The van der Waals surface area contributed by atoms with Gasteiger partial charge in [0.1, 0.15) is 0 Å². The predicted octanol–water partition coefficient (Wildman–Crippen LogP) is 1.49. The quantitative estimate of drug-likeness (QED) is 0.664. The summed E-state index contributed by atoms with van der Waals surface area (Å²) in [4.78, 5) is 0. The zero-order valence-corrected chi connectivity index (χ0v) is 7.23. The van der Waals surface area contributed by atoms with Crippen LogP contribution in [0.3, 0.4) is 0 Å². The highest BCUT2D eigenvalue weighted by molar-refractivity contribution is 6.31. The Labute approximate surface area is 72.3 Å². The van der Waals surface area contributed by atoms with Crippen molar-refractivity contribution in [2.24, 2.45) is 0 Å². The van der Waals surface area contributed by atoms with Crippen molar-refractivity contribution in [1.29, 1.82) is 0 Å². The molecule has 0 fully saturated rings. The van der Waals surface area contributed by atoms with Gasteiger partial charge in [-0.3, -0.25) is 0 Å². The van der Waals surface area contributed by atoms with Crippen LogP contribution in [0.4, 0.5) is 0 Å². The van der Waals surface area contributed by atoms with Crippen molar-refractivity contribution in [2.75, 3.05) is 0 Å². The fraction of sp³-hybridized carbons (Fsp3) is 0.250. The summed E-state index contributed by atoms with van der Waals surface area (Å²) in [6, 6.07) is 5.85. The van der Waals surface area contributed by atoms with Crippen molar-refractivity contribution in [3.8, 4) is 0 Å². The minimum Gasteiger partial charge on any atom is -0.454 e. The van der Waals surface area contributed by atoms with Crippen molar-refractivity contribution in [3.63, 3.8) is 0 Å². The highest BCUT2D eigenvalue weighted by atomic mass is 35.5. The molecule has 3 heteroatoms. The summed E-state index contributed by atoms with van der Waals surface area (Å²) < 4.78 is 0. The molecule has 0 atom stereocenters. The summed E-state index contributed by atoms with van der Waals surface area (Å²) in [6.07, 6.45) is 0.681. The topological polar surface area (TPSA) is 20.2 Å². The Morgan fingerprint density at radius 3 is 2.82 bits per heavy atom. The molecule has 0 spiro atoms. The van der Waals surface area contributed by atoms with Crippen molar-refractivity contribution in [2.45, 2.75) is 13.2 Å². The van der Waals surface area contributed by atoms with E-state index in [1.807, 2.05) is 25.1 Å². The average Bonchev–Trinajstić information content (AvgIpc) is 1.98. The number of hydrogen-bond donors (Lipinski definition) is 1. The summed E-state index contributed by atoms with van der Waals surface area (Å²) in [5.74, 6) is 0. The summed E-state index contributed by atoms with van der Waals surface area (Å²) in [5.41, 5.74) is 2.16. The number of rotatable bonds is 2. The van der Waals surface area contributed by atoms with Gasteiger partial charge in [0.25, 0.3) is 7.48 Å². The minimum absolute atomic E-state index is 0.180. The van der Waals surface area contributed by atoms with Crippen LogP contribution in [0.25, 0.3) is 0 Å². The second kappa shape index (κ2) is 3.79. The Bertz CT molecular complexity index is 250. The molecule has 0 heterocycles. The Morgan fingerprint density at radius 2 is 2.27 bits per heavy atom. The van der Waals surface area contributed by atoms with Crippen molar-refractivity contribution in [1.82, 2.24) is 0 Å². The van der Waals surface area contributed by atoms with Crippen molar-refractivity contribution >= 4 is 19.1 Å². The molecule has 1 rings (SSSR count). The van der Waals surface area contributed by atoms with E-state index in [1.54, 1.807) is 0 Å². The molecule has 0 aliphatic heterocycles. The molecule has 1 nitrogen and oxygen atoms in total. The van der Waals surface area contributed by atoms with Gasteiger partial charge in [0.2, 0.25) is 0 Å². The van der Waals surface area contributed by atoms with Gasteiger partial charge in [-0.15, -0.1) is 0 Å². The van der Waals surface area contributed by atoms with Crippen LogP contribution in [-0.2, 0) is 6.32 Å². The molecule has 1 aromatic carbocycles. The highest BCUT2D eigenvalue weighted by Crippen LogP contribution is 2.16. The molecule has 0 saturated carbocycles. The third-order valence-electron chi connectivity index (χ3n) is 1.64. The first-order chi connectivity index (χ1) is 5.24. The lowest BCUT2D eigenvalue weighted by atomic mass is 9.90. The molecule has 0 amide bonds. The molecule has 0 saturated heterocycles. The fourth-order valence-corrected chi connectivity index (χ4v) is 1.12. The predicted molar refractivity (Wildman–Crippen MR) is 49.3 cm³/mol. The number of hydrogen-bond acceptors (Lipinski definition) is 1. The van der Waals surface area contributed by atoms with Crippen LogP contribution in [0.15, 0.2) is 18.2 Å². The van der Waals surface area contributed by atoms with E-state index in [1.165, 1.54) is 0 Å². The van der Waals surface area contributed by atoms with E-state index in [2.05, 4.69) is 0 Å². The molecule has 0 radical (unpaired) electrons. The fourth-order valence-electron chi connectivity index (χ4n) is 0.921. The van der Waals surface area contributed by atoms with Gasteiger partial charge in [0, 0.05) is 5.02 Å². The lowest BCUT2D eigenvalue weighted by Crippen LogP contribution is -1.94. The summed E-state index contributed by atoms with van der Waals surface area (Å²) in [6.45, 7) is 1.96. The van der Waals surface area contributed by atoms with Crippen LogP contribution in [-0.4, -0.2) is 12.5 Å².